The molecule has 2 atom stereocenters. The lowest BCUT2D eigenvalue weighted by Gasteiger charge is -2.32. The molecule has 0 unspecified atom stereocenters. The first-order valence-corrected chi connectivity index (χ1v) is 8.78. The molecule has 0 amide bonds. The standard InChI is InChI=1S/C12H19ClN4O2S/c1-16-8-14-12(11(16)13)20(18,19)15-9-5-7-17-6-3-2-4-10(9)17/h8-10,15H,2-7H2,1H3/t9-,10+/m0/s1. The molecule has 2 fully saturated rings. The highest BCUT2D eigenvalue weighted by Crippen LogP contribution is 2.28. The topological polar surface area (TPSA) is 67.2 Å². The normalized spacial score (nSPS) is 27.7. The van der Waals surface area contributed by atoms with Gasteiger partial charge in [-0.05, 0) is 25.8 Å². The van der Waals surface area contributed by atoms with Crippen molar-refractivity contribution >= 4 is 21.6 Å². The lowest BCUT2D eigenvalue weighted by molar-refractivity contribution is 0.186. The van der Waals surface area contributed by atoms with E-state index in [4.69, 9.17) is 11.6 Å². The average Bonchev–Trinajstić information content (AvgIpc) is 2.96. The number of hydrogen-bond acceptors (Lipinski definition) is 4. The summed E-state index contributed by atoms with van der Waals surface area (Å²) < 4.78 is 29.1. The van der Waals surface area contributed by atoms with Crippen molar-refractivity contribution in [2.75, 3.05) is 13.1 Å². The Morgan fingerprint density at radius 3 is 2.85 bits per heavy atom. The van der Waals surface area contributed by atoms with E-state index < -0.39 is 10.0 Å². The molecule has 1 N–H and O–H groups in total. The van der Waals surface area contributed by atoms with Gasteiger partial charge < -0.3 is 4.57 Å². The first-order chi connectivity index (χ1) is 9.49. The fourth-order valence-electron chi connectivity index (χ4n) is 3.21. The van der Waals surface area contributed by atoms with Crippen molar-refractivity contribution < 1.29 is 8.42 Å². The SMILES string of the molecule is Cn1cnc(S(=O)(=O)N[C@H]2CCN3CCCC[C@H]23)c1Cl. The zero-order valence-electron chi connectivity index (χ0n) is 11.4. The highest BCUT2D eigenvalue weighted by molar-refractivity contribution is 7.89. The van der Waals surface area contributed by atoms with Gasteiger partial charge in [0, 0.05) is 25.7 Å². The number of aryl methyl sites for hydroxylation is 1. The largest absolute Gasteiger partial charge is 0.324 e. The zero-order valence-corrected chi connectivity index (χ0v) is 13.0. The first kappa shape index (κ1) is 14.3. The average molecular weight is 319 g/mol. The Labute approximate surface area is 124 Å². The number of hydrogen-bond donors (Lipinski definition) is 1. The maximum absolute atomic E-state index is 12.4. The molecule has 2 saturated heterocycles. The Balaban J connectivity index is 1.78. The Bertz CT molecular complexity index is 601. The summed E-state index contributed by atoms with van der Waals surface area (Å²) in [6, 6.07) is 0.291. The minimum atomic E-state index is -3.64. The lowest BCUT2D eigenvalue weighted by atomic mass is 10.00. The number of sulfonamides is 1. The van der Waals surface area contributed by atoms with Gasteiger partial charge in [0.05, 0.1) is 6.33 Å². The number of rotatable bonds is 3. The molecule has 0 spiro atoms. The molecule has 112 valence electrons. The van der Waals surface area contributed by atoms with E-state index in [0.29, 0.717) is 6.04 Å². The zero-order chi connectivity index (χ0) is 14.3. The van der Waals surface area contributed by atoms with E-state index in [-0.39, 0.29) is 16.2 Å². The van der Waals surface area contributed by atoms with Crippen LogP contribution in [0.25, 0.3) is 0 Å². The monoisotopic (exact) mass is 318 g/mol. The molecule has 2 aliphatic heterocycles. The minimum absolute atomic E-state index is 0.0293. The van der Waals surface area contributed by atoms with Crippen LogP contribution in [0, 0.1) is 0 Å². The molecule has 8 heteroatoms. The van der Waals surface area contributed by atoms with E-state index in [0.717, 1.165) is 25.9 Å². The van der Waals surface area contributed by atoms with Crippen LogP contribution in [0.1, 0.15) is 25.7 Å². The van der Waals surface area contributed by atoms with Crippen LogP contribution in [0.2, 0.25) is 5.15 Å². The molecule has 0 radical (unpaired) electrons. The van der Waals surface area contributed by atoms with Crippen LogP contribution in [0.15, 0.2) is 11.4 Å². The maximum Gasteiger partial charge on any atom is 0.261 e. The second kappa shape index (κ2) is 5.29. The summed E-state index contributed by atoms with van der Waals surface area (Å²) >= 11 is 5.99. The molecule has 6 nitrogen and oxygen atoms in total. The van der Waals surface area contributed by atoms with E-state index in [1.807, 2.05) is 0 Å². The fraction of sp³-hybridized carbons (Fsp3) is 0.750. The number of nitrogens with one attached hydrogen (secondary N) is 1. The summed E-state index contributed by atoms with van der Waals surface area (Å²) in [5.74, 6) is 0. The van der Waals surface area contributed by atoms with Crippen molar-refractivity contribution in [3.05, 3.63) is 11.5 Å². The molecule has 0 aromatic carbocycles. The van der Waals surface area contributed by atoms with Gasteiger partial charge in [0.15, 0.2) is 0 Å². The van der Waals surface area contributed by atoms with E-state index in [1.54, 1.807) is 7.05 Å². The van der Waals surface area contributed by atoms with Gasteiger partial charge in [-0.1, -0.05) is 18.0 Å². The quantitative estimate of drug-likeness (QED) is 0.902. The maximum atomic E-state index is 12.4. The fourth-order valence-corrected chi connectivity index (χ4v) is 4.95. The van der Waals surface area contributed by atoms with Crippen LogP contribution in [0.5, 0.6) is 0 Å². The third-order valence-electron chi connectivity index (χ3n) is 4.25. The highest BCUT2D eigenvalue weighted by atomic mass is 35.5. The minimum Gasteiger partial charge on any atom is -0.324 e. The number of fused-ring (bicyclic) bond motifs is 1. The van der Waals surface area contributed by atoms with E-state index in [2.05, 4.69) is 14.6 Å². The molecule has 2 aliphatic rings. The van der Waals surface area contributed by atoms with Gasteiger partial charge in [-0.25, -0.2) is 18.1 Å². The molecule has 1 aromatic heterocycles. The molecule has 3 heterocycles. The third-order valence-corrected chi connectivity index (χ3v) is 6.23. The van der Waals surface area contributed by atoms with Gasteiger partial charge in [-0.2, -0.15) is 0 Å². The summed E-state index contributed by atoms with van der Waals surface area (Å²) in [7, 11) is -1.97. The smallest absolute Gasteiger partial charge is 0.261 e. The number of piperidine rings is 1. The molecule has 0 bridgehead atoms. The lowest BCUT2D eigenvalue weighted by Crippen LogP contribution is -2.46. The van der Waals surface area contributed by atoms with Crippen molar-refractivity contribution in [2.45, 2.75) is 42.8 Å². The van der Waals surface area contributed by atoms with E-state index in [1.165, 1.54) is 23.7 Å². The summed E-state index contributed by atoms with van der Waals surface area (Å²) in [5, 5.41) is 0.0759. The predicted molar refractivity (Wildman–Crippen MR) is 76.2 cm³/mol. The highest BCUT2D eigenvalue weighted by Gasteiger charge is 2.38. The molecule has 1 aromatic rings. The summed E-state index contributed by atoms with van der Waals surface area (Å²) in [6.45, 7) is 2.04. The third kappa shape index (κ3) is 2.47. The van der Waals surface area contributed by atoms with Crippen LogP contribution < -0.4 is 4.72 Å². The van der Waals surface area contributed by atoms with Gasteiger partial charge in [-0.3, -0.25) is 4.90 Å². The van der Waals surface area contributed by atoms with Gasteiger partial charge in [0.2, 0.25) is 5.03 Å². The van der Waals surface area contributed by atoms with Crippen LogP contribution >= 0.6 is 11.6 Å². The molecular formula is C12H19ClN4O2S. The Kier molecular flexibility index (Phi) is 3.79. The number of imidazole rings is 1. The number of nitrogens with zero attached hydrogens (tertiary/aromatic N) is 3. The van der Waals surface area contributed by atoms with E-state index in [9.17, 15) is 8.42 Å². The van der Waals surface area contributed by atoms with Crippen LogP contribution in [0.3, 0.4) is 0 Å². The van der Waals surface area contributed by atoms with Gasteiger partial charge >= 0.3 is 0 Å². The van der Waals surface area contributed by atoms with Crippen molar-refractivity contribution in [3.8, 4) is 0 Å². The van der Waals surface area contributed by atoms with Crippen molar-refractivity contribution in [1.82, 2.24) is 19.2 Å². The Hall–Kier alpha value is -0.630. The number of halogens is 1. The second-order valence-corrected chi connectivity index (χ2v) is 7.55. The molecular weight excluding hydrogens is 300 g/mol. The molecule has 0 saturated carbocycles. The molecule has 0 aliphatic carbocycles. The molecule has 20 heavy (non-hydrogen) atoms. The van der Waals surface area contributed by atoms with Gasteiger partial charge in [0.1, 0.15) is 5.15 Å². The Morgan fingerprint density at radius 1 is 1.35 bits per heavy atom. The summed E-state index contributed by atoms with van der Waals surface area (Å²) in [5.41, 5.74) is 0. The summed E-state index contributed by atoms with van der Waals surface area (Å²) in [4.78, 5) is 6.29. The van der Waals surface area contributed by atoms with Crippen molar-refractivity contribution in [3.63, 3.8) is 0 Å². The van der Waals surface area contributed by atoms with Crippen LogP contribution in [-0.4, -0.2) is 48.0 Å². The predicted octanol–water partition coefficient (Wildman–Crippen LogP) is 0.979. The van der Waals surface area contributed by atoms with Gasteiger partial charge in [-0.15, -0.1) is 0 Å². The van der Waals surface area contributed by atoms with E-state index >= 15 is 0 Å². The van der Waals surface area contributed by atoms with Crippen LogP contribution in [-0.2, 0) is 17.1 Å². The van der Waals surface area contributed by atoms with Crippen molar-refractivity contribution in [2.24, 2.45) is 7.05 Å². The molecule has 3 rings (SSSR count). The number of aromatic nitrogens is 2. The Morgan fingerprint density at radius 2 is 2.15 bits per heavy atom. The van der Waals surface area contributed by atoms with Crippen LogP contribution in [0.4, 0.5) is 0 Å². The van der Waals surface area contributed by atoms with Crippen molar-refractivity contribution in [1.29, 1.82) is 0 Å². The first-order valence-electron chi connectivity index (χ1n) is 6.92. The van der Waals surface area contributed by atoms with Gasteiger partial charge in [0.25, 0.3) is 10.0 Å². The second-order valence-electron chi connectivity index (χ2n) is 5.57. The summed E-state index contributed by atoms with van der Waals surface area (Å²) in [6.07, 6.45) is 5.71.